The highest BCUT2D eigenvalue weighted by atomic mass is 15.0. The van der Waals surface area contributed by atoms with E-state index in [1.807, 2.05) is 0 Å². The number of aliphatic imine (C=N–C) groups is 1. The Morgan fingerprint density at radius 3 is 1.92 bits per heavy atom. The Morgan fingerprint density at radius 2 is 1.19 bits per heavy atom. The molecule has 1 aromatic heterocycles. The molecule has 10 aromatic rings. The molecule has 0 bridgehead atoms. The van der Waals surface area contributed by atoms with Gasteiger partial charge in [0, 0.05) is 22.4 Å². The van der Waals surface area contributed by atoms with Gasteiger partial charge in [0.15, 0.2) is 0 Å². The van der Waals surface area contributed by atoms with E-state index in [1.165, 1.54) is 82.0 Å². The molecule has 1 aliphatic heterocycles. The summed E-state index contributed by atoms with van der Waals surface area (Å²) in [7, 11) is 0. The van der Waals surface area contributed by atoms with E-state index in [9.17, 15) is 0 Å². The first kappa shape index (κ1) is 33.6. The van der Waals surface area contributed by atoms with E-state index in [1.54, 1.807) is 0 Å². The van der Waals surface area contributed by atoms with E-state index in [0.29, 0.717) is 5.92 Å². The van der Waals surface area contributed by atoms with Crippen LogP contribution in [0, 0.1) is 0 Å². The Kier molecular flexibility index (Phi) is 7.74. The predicted octanol–water partition coefficient (Wildman–Crippen LogP) is 14.8. The number of nitrogens with zero attached hydrogens (tertiary/aromatic N) is 2. The average Bonchev–Trinajstić information content (AvgIpc) is 3.67. The van der Waals surface area contributed by atoms with Crippen LogP contribution in [-0.4, -0.2) is 10.3 Å². The van der Waals surface area contributed by atoms with Gasteiger partial charge in [-0.15, -0.1) is 0 Å². The van der Waals surface area contributed by atoms with Crippen LogP contribution in [0.5, 0.6) is 0 Å². The van der Waals surface area contributed by atoms with E-state index >= 15 is 0 Å². The third kappa shape index (κ3) is 5.54. The van der Waals surface area contributed by atoms with Crippen molar-refractivity contribution in [1.29, 1.82) is 0 Å². The third-order valence-corrected chi connectivity index (χ3v) is 12.6. The Balaban J connectivity index is 0.943. The molecule has 12 rings (SSSR count). The van der Waals surface area contributed by atoms with Crippen LogP contribution in [0.25, 0.3) is 70.9 Å². The van der Waals surface area contributed by atoms with Gasteiger partial charge in [-0.25, -0.2) is 4.99 Å². The van der Waals surface area contributed by atoms with Crippen molar-refractivity contribution in [2.24, 2.45) is 4.99 Å². The fourth-order valence-electron chi connectivity index (χ4n) is 9.69. The van der Waals surface area contributed by atoms with Crippen LogP contribution in [0.3, 0.4) is 0 Å². The Morgan fingerprint density at radius 1 is 0.525 bits per heavy atom. The van der Waals surface area contributed by atoms with Crippen LogP contribution in [0.1, 0.15) is 29.5 Å². The number of benzene rings is 9. The van der Waals surface area contributed by atoms with Crippen LogP contribution in [0.2, 0.25) is 0 Å². The summed E-state index contributed by atoms with van der Waals surface area (Å²) in [5.74, 6) is 0.319. The summed E-state index contributed by atoms with van der Waals surface area (Å²) >= 11 is 0. The average molecular weight is 754 g/mol. The molecule has 2 aliphatic rings. The maximum atomic E-state index is 5.38. The Labute approximate surface area is 342 Å². The zero-order valence-electron chi connectivity index (χ0n) is 32.4. The molecule has 1 N–H and O–H groups in total. The summed E-state index contributed by atoms with van der Waals surface area (Å²) in [6.07, 6.45) is 7.96. The first-order chi connectivity index (χ1) is 29.2. The fraction of sp³-hybridized carbons (Fsp3) is 0.0536. The van der Waals surface area contributed by atoms with E-state index in [2.05, 4.69) is 216 Å². The van der Waals surface area contributed by atoms with E-state index in [4.69, 9.17) is 4.99 Å². The first-order valence-corrected chi connectivity index (χ1v) is 20.6. The highest BCUT2D eigenvalue weighted by molar-refractivity contribution is 6.28. The fourth-order valence-corrected chi connectivity index (χ4v) is 9.69. The SMILES string of the molecule is C1=CC(c2ccc(-c3ccccc3)cc2)CC=C1C1=Nc2ccccc2NC1c1cccc2cc(-n3c4ccc5ccccc5c4c4c5ccccc5ccc43)ccc12. The van der Waals surface area contributed by atoms with Crippen molar-refractivity contribution in [1.82, 2.24) is 4.57 Å². The summed E-state index contributed by atoms with van der Waals surface area (Å²) < 4.78 is 2.46. The molecule has 2 unspecified atom stereocenters. The van der Waals surface area contributed by atoms with Crippen LogP contribution in [0.4, 0.5) is 11.4 Å². The Bertz CT molecular complexity index is 3290. The van der Waals surface area contributed by atoms with Gasteiger partial charge in [0.2, 0.25) is 0 Å². The normalized spacial score (nSPS) is 16.3. The molecule has 2 atom stereocenters. The van der Waals surface area contributed by atoms with Gasteiger partial charge in [-0.1, -0.05) is 170 Å². The number of anilines is 1. The minimum Gasteiger partial charge on any atom is -0.371 e. The second-order valence-corrected chi connectivity index (χ2v) is 15.9. The van der Waals surface area contributed by atoms with E-state index in [0.717, 1.165) is 29.2 Å². The van der Waals surface area contributed by atoms with Gasteiger partial charge >= 0.3 is 0 Å². The Hall–Kier alpha value is -7.49. The molecule has 3 heteroatoms. The number of hydrogen-bond acceptors (Lipinski definition) is 2. The van der Waals surface area contributed by atoms with Crippen LogP contribution < -0.4 is 5.32 Å². The lowest BCUT2D eigenvalue weighted by molar-refractivity contribution is 0.848. The van der Waals surface area contributed by atoms with E-state index in [-0.39, 0.29) is 6.04 Å². The quantitative estimate of drug-likeness (QED) is 0.186. The standard InChI is InChI=1S/C56H39N3/c1-2-11-36(12-3-1)37-21-23-38(24-22-37)39-25-27-42(28-26-39)55-56(58-50-20-9-8-19-49(50)57-55)48-18-10-15-43-35-44(31-32-45(43)48)59-51-33-29-40-13-4-6-16-46(40)53(51)54-47-17-7-5-14-41(47)30-34-52(54)59/h1-25,27-35,39,56,58H,26H2. The van der Waals surface area contributed by atoms with Gasteiger partial charge < -0.3 is 9.88 Å². The van der Waals surface area contributed by atoms with Gasteiger partial charge in [0.25, 0.3) is 0 Å². The number of aromatic nitrogens is 1. The van der Waals surface area contributed by atoms with Gasteiger partial charge in [-0.05, 0) is 103 Å². The second kappa shape index (κ2) is 13.6. The van der Waals surface area contributed by atoms with Crippen molar-refractivity contribution in [2.45, 2.75) is 18.4 Å². The second-order valence-electron chi connectivity index (χ2n) is 15.9. The topological polar surface area (TPSA) is 29.3 Å². The molecular weight excluding hydrogens is 715 g/mol. The molecule has 0 radical (unpaired) electrons. The highest BCUT2D eigenvalue weighted by Gasteiger charge is 2.29. The highest BCUT2D eigenvalue weighted by Crippen LogP contribution is 2.43. The lowest BCUT2D eigenvalue weighted by Gasteiger charge is -2.30. The summed E-state index contributed by atoms with van der Waals surface area (Å²) in [4.78, 5) is 5.38. The number of nitrogens with one attached hydrogen (secondary N) is 1. The molecular formula is C56H39N3. The van der Waals surface area contributed by atoms with Gasteiger partial charge in [-0.2, -0.15) is 0 Å². The zero-order valence-corrected chi connectivity index (χ0v) is 32.4. The van der Waals surface area contributed by atoms with Gasteiger partial charge in [-0.3, -0.25) is 0 Å². The smallest absolute Gasteiger partial charge is 0.0952 e. The number of hydrogen-bond donors (Lipinski definition) is 1. The van der Waals surface area contributed by atoms with Crippen LogP contribution in [0.15, 0.2) is 217 Å². The lowest BCUT2D eigenvalue weighted by Crippen LogP contribution is -2.26. The molecule has 3 nitrogen and oxygen atoms in total. The summed E-state index contributed by atoms with van der Waals surface area (Å²) in [6.45, 7) is 0. The van der Waals surface area contributed by atoms with Crippen molar-refractivity contribution in [2.75, 3.05) is 5.32 Å². The molecule has 0 saturated carbocycles. The molecule has 0 amide bonds. The van der Waals surface area contributed by atoms with Crippen molar-refractivity contribution in [3.8, 4) is 16.8 Å². The van der Waals surface area contributed by atoms with Crippen LogP contribution in [-0.2, 0) is 0 Å². The van der Waals surface area contributed by atoms with Crippen molar-refractivity contribution in [3.63, 3.8) is 0 Å². The maximum absolute atomic E-state index is 5.38. The molecule has 0 spiro atoms. The minimum atomic E-state index is -0.122. The maximum Gasteiger partial charge on any atom is 0.0952 e. The monoisotopic (exact) mass is 753 g/mol. The number of fused-ring (bicyclic) bond motifs is 9. The minimum absolute atomic E-state index is 0.122. The van der Waals surface area contributed by atoms with Gasteiger partial charge in [0.05, 0.1) is 34.2 Å². The van der Waals surface area contributed by atoms with Crippen LogP contribution >= 0.6 is 0 Å². The number of para-hydroxylation sites is 2. The lowest BCUT2D eigenvalue weighted by atomic mass is 9.84. The number of rotatable bonds is 5. The van der Waals surface area contributed by atoms with Crippen molar-refractivity contribution < 1.29 is 0 Å². The molecule has 59 heavy (non-hydrogen) atoms. The summed E-state index contributed by atoms with van der Waals surface area (Å²) in [5.41, 5.74) is 12.9. The zero-order chi connectivity index (χ0) is 38.9. The summed E-state index contributed by atoms with van der Waals surface area (Å²) in [6, 6.07) is 68.3. The van der Waals surface area contributed by atoms with Gasteiger partial charge in [0.1, 0.15) is 0 Å². The molecule has 0 saturated heterocycles. The number of allylic oxidation sites excluding steroid dienone is 3. The molecule has 9 aromatic carbocycles. The molecule has 1 aliphatic carbocycles. The molecule has 278 valence electrons. The summed E-state index contributed by atoms with van der Waals surface area (Å²) in [5, 5.41) is 14.0. The molecule has 2 heterocycles. The largest absolute Gasteiger partial charge is 0.371 e. The molecule has 0 fully saturated rings. The first-order valence-electron chi connectivity index (χ1n) is 20.6. The predicted molar refractivity (Wildman–Crippen MR) is 250 cm³/mol. The third-order valence-electron chi connectivity index (χ3n) is 12.6. The van der Waals surface area contributed by atoms with E-state index < -0.39 is 0 Å². The van der Waals surface area contributed by atoms with Crippen molar-refractivity contribution >= 4 is 71.2 Å². The van der Waals surface area contributed by atoms with Crippen molar-refractivity contribution in [3.05, 3.63) is 223 Å².